The summed E-state index contributed by atoms with van der Waals surface area (Å²) >= 11 is 0. The van der Waals surface area contributed by atoms with Crippen molar-refractivity contribution < 1.29 is 33.8 Å². The third-order valence-electron chi connectivity index (χ3n) is 1.53. The Morgan fingerprint density at radius 3 is 2.06 bits per heavy atom. The lowest BCUT2D eigenvalue weighted by Gasteiger charge is -2.35. The number of carboxylic acids is 1. The number of nitrogens with one attached hydrogen (secondary N) is 1. The number of aliphatic hydroxyl groups is 1. The highest BCUT2D eigenvalue weighted by Crippen LogP contribution is 2.33. The van der Waals surface area contributed by atoms with Crippen LogP contribution in [0.4, 0.5) is 0 Å². The maximum atomic E-state index is 10.7. The van der Waals surface area contributed by atoms with Gasteiger partial charge in [-0.3, -0.25) is 4.79 Å². The molecule has 1 unspecified atom stereocenters. The van der Waals surface area contributed by atoms with E-state index in [0.29, 0.717) is 0 Å². The summed E-state index contributed by atoms with van der Waals surface area (Å²) in [4.78, 5) is 27.9. The molecule has 16 heavy (non-hydrogen) atoms. The first-order valence-corrected chi connectivity index (χ1v) is 6.04. The quantitative estimate of drug-likeness (QED) is 0.223. The molecule has 0 aromatic carbocycles. The van der Waals surface area contributed by atoms with E-state index < -0.39 is 25.9 Å². The highest BCUT2D eigenvalue weighted by atomic mass is 31.2. The van der Waals surface area contributed by atoms with E-state index in [1.54, 1.807) is 26.2 Å². The molecular weight excluding hydrogens is 239 g/mol. The maximum Gasteiger partial charge on any atom is 0.402 e. The number of rotatable bonds is 6. The molecule has 0 aliphatic heterocycles. The number of nitrogens with zero attached hydrogens (tertiary/aromatic N) is 1. The third-order valence-corrected chi connectivity index (χ3v) is 2.24. The number of quaternary nitrogens is 1. The minimum Gasteiger partial charge on any atom is -0.481 e. The van der Waals surface area contributed by atoms with E-state index in [4.69, 9.17) is 14.9 Å². The standard InChI is InChI=1S/C7H17N2O6P/c1-9(2,3)5-7(12,4-6(10)11)8-16(13,14)15/h12H,4-5H2,1-3H3,(H3-,8,10,11,13,14,15)/p+1. The minimum atomic E-state index is -4.70. The highest BCUT2D eigenvalue weighted by Gasteiger charge is 2.40. The Bertz CT molecular complexity index is 308. The van der Waals surface area contributed by atoms with Gasteiger partial charge in [-0.25, -0.2) is 4.57 Å². The molecule has 5 N–H and O–H groups in total. The van der Waals surface area contributed by atoms with Gasteiger partial charge in [0.2, 0.25) is 0 Å². The van der Waals surface area contributed by atoms with E-state index in [1.165, 1.54) is 0 Å². The van der Waals surface area contributed by atoms with E-state index >= 15 is 0 Å². The van der Waals surface area contributed by atoms with Gasteiger partial charge >= 0.3 is 13.7 Å². The second-order valence-electron chi connectivity index (χ2n) is 4.71. The fraction of sp³-hybridized carbons (Fsp3) is 0.857. The van der Waals surface area contributed by atoms with E-state index in [-0.39, 0.29) is 11.0 Å². The van der Waals surface area contributed by atoms with E-state index in [0.717, 1.165) is 0 Å². The van der Waals surface area contributed by atoms with Gasteiger partial charge < -0.3 is 24.5 Å². The second kappa shape index (κ2) is 4.79. The lowest BCUT2D eigenvalue weighted by Crippen LogP contribution is -2.57. The molecule has 96 valence electrons. The van der Waals surface area contributed by atoms with Crippen LogP contribution in [0.3, 0.4) is 0 Å². The van der Waals surface area contributed by atoms with E-state index in [2.05, 4.69) is 0 Å². The van der Waals surface area contributed by atoms with Gasteiger partial charge in [0.1, 0.15) is 6.54 Å². The Labute approximate surface area is 93.3 Å². The van der Waals surface area contributed by atoms with E-state index in [1.807, 2.05) is 0 Å². The van der Waals surface area contributed by atoms with Gasteiger partial charge in [0.15, 0.2) is 5.72 Å². The lowest BCUT2D eigenvalue weighted by atomic mass is 10.1. The molecule has 0 rings (SSSR count). The van der Waals surface area contributed by atoms with Crippen LogP contribution in [-0.2, 0) is 9.36 Å². The second-order valence-corrected chi connectivity index (χ2v) is 6.02. The van der Waals surface area contributed by atoms with Crippen LogP contribution in [0.2, 0.25) is 0 Å². The number of hydrogen-bond acceptors (Lipinski definition) is 3. The number of carbonyl (C=O) groups is 1. The fourth-order valence-corrected chi connectivity index (χ4v) is 2.13. The molecule has 0 spiro atoms. The molecule has 0 bridgehead atoms. The molecule has 1 atom stereocenters. The zero-order valence-corrected chi connectivity index (χ0v) is 10.3. The molecule has 8 nitrogen and oxygen atoms in total. The molecule has 0 aromatic rings. The smallest absolute Gasteiger partial charge is 0.402 e. The van der Waals surface area contributed by atoms with Crippen LogP contribution in [0.5, 0.6) is 0 Å². The summed E-state index contributed by atoms with van der Waals surface area (Å²) in [7, 11) is 0.280. The topological polar surface area (TPSA) is 127 Å². The largest absolute Gasteiger partial charge is 0.481 e. The van der Waals surface area contributed by atoms with Crippen molar-refractivity contribution in [2.75, 3.05) is 27.7 Å². The Hall–Kier alpha value is -0.500. The molecule has 9 heteroatoms. The number of hydrogen-bond donors (Lipinski definition) is 5. The molecule has 0 saturated carbocycles. The zero-order chi connectivity index (χ0) is 13.2. The Balaban J connectivity index is 4.89. The summed E-state index contributed by atoms with van der Waals surface area (Å²) in [5.74, 6) is -1.35. The SMILES string of the molecule is C[N+](C)(C)CC(O)(CC(=O)O)NP(=O)(O)O. The van der Waals surface area contributed by atoms with Crippen LogP contribution in [0.15, 0.2) is 0 Å². The van der Waals surface area contributed by atoms with Gasteiger partial charge in [-0.1, -0.05) is 0 Å². The molecule has 0 radical (unpaired) electrons. The molecule has 0 aromatic heterocycles. The Kier molecular flexibility index (Phi) is 4.64. The van der Waals surface area contributed by atoms with Crippen molar-refractivity contribution in [3.63, 3.8) is 0 Å². The minimum absolute atomic E-state index is 0.150. The molecule has 0 fully saturated rings. The molecular formula is C7H18N2O6P+. The first-order valence-electron chi connectivity index (χ1n) is 4.43. The summed E-state index contributed by atoms with van der Waals surface area (Å²) in [5, 5.41) is 20.1. The first-order chi connectivity index (χ1) is 6.83. The summed E-state index contributed by atoms with van der Waals surface area (Å²) in [5.41, 5.74) is -2.15. The van der Waals surface area contributed by atoms with E-state index in [9.17, 15) is 14.5 Å². The van der Waals surface area contributed by atoms with Gasteiger partial charge in [0.25, 0.3) is 0 Å². The number of carboxylic acid groups (broad SMARTS) is 1. The van der Waals surface area contributed by atoms with Crippen LogP contribution in [0.1, 0.15) is 6.42 Å². The average Bonchev–Trinajstić information content (AvgIpc) is 1.69. The average molecular weight is 257 g/mol. The van der Waals surface area contributed by atoms with Crippen molar-refractivity contribution >= 4 is 13.7 Å². The Morgan fingerprint density at radius 1 is 1.38 bits per heavy atom. The molecule has 0 saturated heterocycles. The zero-order valence-electron chi connectivity index (χ0n) is 9.41. The van der Waals surface area contributed by atoms with Gasteiger partial charge in [-0.05, 0) is 0 Å². The Morgan fingerprint density at radius 2 is 1.81 bits per heavy atom. The highest BCUT2D eigenvalue weighted by molar-refractivity contribution is 7.49. The number of likely N-dealkylation sites (N-methyl/N-ethyl adjacent to an activating group) is 1. The molecule has 0 heterocycles. The van der Waals surface area contributed by atoms with Crippen molar-refractivity contribution in [2.45, 2.75) is 12.1 Å². The monoisotopic (exact) mass is 257 g/mol. The summed E-state index contributed by atoms with van der Waals surface area (Å²) in [6.07, 6.45) is -0.798. The third kappa shape index (κ3) is 7.75. The van der Waals surface area contributed by atoms with Crippen molar-refractivity contribution in [1.82, 2.24) is 5.09 Å². The van der Waals surface area contributed by atoms with Crippen LogP contribution in [0.25, 0.3) is 0 Å². The fourth-order valence-electron chi connectivity index (χ4n) is 1.44. The maximum absolute atomic E-state index is 10.7. The van der Waals surface area contributed by atoms with Crippen LogP contribution in [0, 0.1) is 0 Å². The van der Waals surface area contributed by atoms with Gasteiger partial charge in [-0.15, -0.1) is 0 Å². The van der Waals surface area contributed by atoms with Crippen molar-refractivity contribution in [3.05, 3.63) is 0 Å². The van der Waals surface area contributed by atoms with Crippen molar-refractivity contribution in [2.24, 2.45) is 0 Å². The van der Waals surface area contributed by atoms with Gasteiger partial charge in [0, 0.05) is 0 Å². The molecule has 0 aliphatic rings. The van der Waals surface area contributed by atoms with Crippen LogP contribution < -0.4 is 5.09 Å². The summed E-state index contributed by atoms with van der Waals surface area (Å²) in [6, 6.07) is 0. The summed E-state index contributed by atoms with van der Waals surface area (Å²) in [6.45, 7) is -0.162. The van der Waals surface area contributed by atoms with Gasteiger partial charge in [0.05, 0.1) is 27.6 Å². The van der Waals surface area contributed by atoms with Crippen LogP contribution in [-0.4, -0.2) is 63.9 Å². The summed E-state index contributed by atoms with van der Waals surface area (Å²) < 4.78 is 10.9. The predicted molar refractivity (Wildman–Crippen MR) is 55.3 cm³/mol. The number of aliphatic carboxylic acids is 1. The predicted octanol–water partition coefficient (Wildman–Crippen LogP) is -1.46. The van der Waals surface area contributed by atoms with Gasteiger partial charge in [-0.2, -0.15) is 5.09 Å². The van der Waals surface area contributed by atoms with Crippen LogP contribution >= 0.6 is 7.75 Å². The molecule has 0 amide bonds. The normalized spacial score (nSPS) is 16.9. The molecule has 0 aliphatic carbocycles. The lowest BCUT2D eigenvalue weighted by molar-refractivity contribution is -0.877. The first kappa shape index (κ1) is 15.5. The van der Waals surface area contributed by atoms with Crippen molar-refractivity contribution in [3.8, 4) is 0 Å². The van der Waals surface area contributed by atoms with Crippen molar-refractivity contribution in [1.29, 1.82) is 0 Å².